The lowest BCUT2D eigenvalue weighted by atomic mass is 9.97. The summed E-state index contributed by atoms with van der Waals surface area (Å²) in [5, 5.41) is 9.22. The first kappa shape index (κ1) is 10.3. The molecular formula is C17H12N2. The quantitative estimate of drug-likeness (QED) is 0.582. The molecule has 1 aliphatic heterocycles. The zero-order chi connectivity index (χ0) is 12.7. The van der Waals surface area contributed by atoms with Gasteiger partial charge in [0.1, 0.15) is 0 Å². The molecule has 3 aromatic carbocycles. The Hall–Kier alpha value is -2.61. The Morgan fingerprint density at radius 1 is 0.789 bits per heavy atom. The topological polar surface area (TPSA) is 24.4 Å². The lowest BCUT2D eigenvalue weighted by Crippen LogP contribution is -1.91. The monoisotopic (exact) mass is 244 g/mol. The maximum absolute atomic E-state index is 4.12. The molecule has 90 valence electrons. The molecule has 3 aromatic rings. The Labute approximate surface area is 111 Å². The second-order valence-electron chi connectivity index (χ2n) is 4.66. The molecule has 2 heteroatoms. The number of nitrogens with one attached hydrogen (secondary N) is 1. The number of anilines is 1. The molecule has 19 heavy (non-hydrogen) atoms. The van der Waals surface area contributed by atoms with E-state index in [1.807, 2.05) is 6.08 Å². The molecule has 0 bridgehead atoms. The Balaban J connectivity index is 2.16. The standard InChI is InChI=1S/C17H12N2/c1-2-5-13-12(4-1)7-8-15-14(13)9-10-17-16(15)6-3-11-18-19-17/h1-11,19H. The minimum absolute atomic E-state index is 1.05. The number of rotatable bonds is 0. The van der Waals surface area contributed by atoms with Gasteiger partial charge in [-0.15, -0.1) is 0 Å². The first-order valence-corrected chi connectivity index (χ1v) is 6.34. The van der Waals surface area contributed by atoms with E-state index in [9.17, 15) is 0 Å². The summed E-state index contributed by atoms with van der Waals surface area (Å²) in [6.07, 6.45) is 5.84. The molecule has 0 atom stereocenters. The molecule has 0 aliphatic carbocycles. The van der Waals surface area contributed by atoms with Gasteiger partial charge in [-0.25, -0.2) is 0 Å². The summed E-state index contributed by atoms with van der Waals surface area (Å²) in [6.45, 7) is 0. The van der Waals surface area contributed by atoms with Crippen LogP contribution in [-0.4, -0.2) is 6.21 Å². The van der Waals surface area contributed by atoms with Gasteiger partial charge in [-0.2, -0.15) is 5.10 Å². The van der Waals surface area contributed by atoms with E-state index in [0.717, 1.165) is 5.69 Å². The number of hydrogen-bond donors (Lipinski definition) is 1. The van der Waals surface area contributed by atoms with Crippen LogP contribution in [0.3, 0.4) is 0 Å². The predicted octanol–water partition coefficient (Wildman–Crippen LogP) is 4.42. The average molecular weight is 244 g/mol. The summed E-state index contributed by atoms with van der Waals surface area (Å²) in [4.78, 5) is 0. The third kappa shape index (κ3) is 1.54. The summed E-state index contributed by atoms with van der Waals surface area (Å²) < 4.78 is 0. The molecule has 1 heterocycles. The first-order valence-electron chi connectivity index (χ1n) is 6.34. The molecule has 0 saturated heterocycles. The van der Waals surface area contributed by atoms with Crippen molar-refractivity contribution in [3.8, 4) is 0 Å². The lowest BCUT2D eigenvalue weighted by molar-refractivity contribution is 1.36. The van der Waals surface area contributed by atoms with E-state index in [2.05, 4.69) is 65.1 Å². The van der Waals surface area contributed by atoms with Gasteiger partial charge in [0.15, 0.2) is 0 Å². The van der Waals surface area contributed by atoms with Crippen molar-refractivity contribution in [1.82, 2.24) is 0 Å². The van der Waals surface area contributed by atoms with Crippen LogP contribution >= 0.6 is 0 Å². The maximum atomic E-state index is 4.12. The van der Waals surface area contributed by atoms with Crippen LogP contribution in [0.25, 0.3) is 27.6 Å². The van der Waals surface area contributed by atoms with Gasteiger partial charge in [0.2, 0.25) is 0 Å². The second kappa shape index (κ2) is 3.95. The van der Waals surface area contributed by atoms with Gasteiger partial charge in [-0.1, -0.05) is 48.5 Å². The van der Waals surface area contributed by atoms with Crippen LogP contribution in [0.15, 0.2) is 59.7 Å². The summed E-state index contributed by atoms with van der Waals surface area (Å²) in [5.74, 6) is 0. The van der Waals surface area contributed by atoms with Crippen molar-refractivity contribution >= 4 is 39.5 Å². The molecule has 0 aromatic heterocycles. The fourth-order valence-corrected chi connectivity index (χ4v) is 2.68. The SMILES string of the molecule is C1=Cc2c(ccc3c2ccc2ccccc23)NN=C1. The van der Waals surface area contributed by atoms with Crippen molar-refractivity contribution in [3.63, 3.8) is 0 Å². The van der Waals surface area contributed by atoms with Crippen LogP contribution in [0.2, 0.25) is 0 Å². The van der Waals surface area contributed by atoms with E-state index >= 15 is 0 Å². The second-order valence-corrected chi connectivity index (χ2v) is 4.66. The molecule has 1 N–H and O–H groups in total. The van der Waals surface area contributed by atoms with Crippen molar-refractivity contribution in [3.05, 3.63) is 60.2 Å². The third-order valence-electron chi connectivity index (χ3n) is 3.58. The Bertz CT molecular complexity index is 844. The van der Waals surface area contributed by atoms with E-state index in [-0.39, 0.29) is 0 Å². The van der Waals surface area contributed by atoms with Crippen molar-refractivity contribution < 1.29 is 0 Å². The van der Waals surface area contributed by atoms with E-state index in [1.165, 1.54) is 27.1 Å². The minimum Gasteiger partial charge on any atom is -0.278 e. The van der Waals surface area contributed by atoms with Crippen molar-refractivity contribution in [1.29, 1.82) is 0 Å². The van der Waals surface area contributed by atoms with Crippen LogP contribution in [0.5, 0.6) is 0 Å². The van der Waals surface area contributed by atoms with Gasteiger partial charge in [0.05, 0.1) is 5.69 Å². The highest BCUT2D eigenvalue weighted by molar-refractivity contribution is 6.12. The number of nitrogens with zero attached hydrogens (tertiary/aromatic N) is 1. The zero-order valence-corrected chi connectivity index (χ0v) is 10.3. The molecule has 0 amide bonds. The lowest BCUT2D eigenvalue weighted by Gasteiger charge is -2.10. The Morgan fingerprint density at radius 2 is 1.68 bits per heavy atom. The highest BCUT2D eigenvalue weighted by Crippen LogP contribution is 2.33. The van der Waals surface area contributed by atoms with Crippen LogP contribution in [0.1, 0.15) is 5.56 Å². The molecule has 0 radical (unpaired) electrons. The van der Waals surface area contributed by atoms with Gasteiger partial charge < -0.3 is 0 Å². The van der Waals surface area contributed by atoms with Gasteiger partial charge in [0.25, 0.3) is 0 Å². The molecule has 4 rings (SSSR count). The summed E-state index contributed by atoms with van der Waals surface area (Å²) in [5.41, 5.74) is 5.32. The van der Waals surface area contributed by atoms with Gasteiger partial charge in [-0.05, 0) is 33.7 Å². The van der Waals surface area contributed by atoms with Crippen LogP contribution < -0.4 is 5.43 Å². The number of allylic oxidation sites excluding steroid dienone is 1. The molecule has 1 aliphatic rings. The minimum atomic E-state index is 1.05. The highest BCUT2D eigenvalue weighted by atomic mass is 15.3. The average Bonchev–Trinajstić information content (AvgIpc) is 2.72. The van der Waals surface area contributed by atoms with E-state index in [4.69, 9.17) is 0 Å². The molecule has 0 spiro atoms. The third-order valence-corrected chi connectivity index (χ3v) is 3.58. The Kier molecular flexibility index (Phi) is 2.15. The first-order chi connectivity index (χ1) is 9.43. The van der Waals surface area contributed by atoms with Crippen molar-refractivity contribution in [2.24, 2.45) is 5.10 Å². The summed E-state index contributed by atoms with van der Waals surface area (Å²) >= 11 is 0. The van der Waals surface area contributed by atoms with Crippen molar-refractivity contribution in [2.45, 2.75) is 0 Å². The van der Waals surface area contributed by atoms with Crippen LogP contribution in [-0.2, 0) is 0 Å². The van der Waals surface area contributed by atoms with E-state index in [1.54, 1.807) is 6.21 Å². The number of fused-ring (bicyclic) bond motifs is 5. The number of benzene rings is 3. The highest BCUT2D eigenvalue weighted by Gasteiger charge is 2.08. The summed E-state index contributed by atoms with van der Waals surface area (Å²) in [6, 6.07) is 17.1. The Morgan fingerprint density at radius 3 is 2.68 bits per heavy atom. The van der Waals surface area contributed by atoms with E-state index in [0.29, 0.717) is 0 Å². The van der Waals surface area contributed by atoms with Crippen LogP contribution in [0.4, 0.5) is 5.69 Å². The normalized spacial score (nSPS) is 13.3. The molecule has 0 saturated carbocycles. The van der Waals surface area contributed by atoms with Crippen molar-refractivity contribution in [2.75, 3.05) is 5.43 Å². The predicted molar refractivity (Wildman–Crippen MR) is 82.6 cm³/mol. The fraction of sp³-hybridized carbons (Fsp3) is 0. The smallest absolute Gasteiger partial charge is 0.0640 e. The maximum Gasteiger partial charge on any atom is 0.0640 e. The van der Waals surface area contributed by atoms with Gasteiger partial charge >= 0.3 is 0 Å². The number of hydrazone groups is 1. The molecular weight excluding hydrogens is 232 g/mol. The largest absolute Gasteiger partial charge is 0.278 e. The fourth-order valence-electron chi connectivity index (χ4n) is 2.68. The zero-order valence-electron chi connectivity index (χ0n) is 10.3. The van der Waals surface area contributed by atoms with E-state index < -0.39 is 0 Å². The summed E-state index contributed by atoms with van der Waals surface area (Å²) in [7, 11) is 0. The van der Waals surface area contributed by atoms with Gasteiger partial charge in [-0.3, -0.25) is 5.43 Å². The number of hydrogen-bond acceptors (Lipinski definition) is 2. The van der Waals surface area contributed by atoms with Gasteiger partial charge in [0, 0.05) is 11.8 Å². The molecule has 0 unspecified atom stereocenters. The molecule has 2 nitrogen and oxygen atoms in total. The molecule has 0 fully saturated rings. The van der Waals surface area contributed by atoms with Crippen LogP contribution in [0, 0.1) is 0 Å².